The van der Waals surface area contributed by atoms with E-state index in [1.807, 2.05) is 45.0 Å². The third-order valence-electron chi connectivity index (χ3n) is 3.96. The molecule has 24 heavy (non-hydrogen) atoms. The molecule has 0 radical (unpaired) electrons. The number of aliphatic carboxylic acids is 1. The maximum atomic E-state index is 12.8. The van der Waals surface area contributed by atoms with E-state index < -0.39 is 11.4 Å². The van der Waals surface area contributed by atoms with Crippen LogP contribution in [0.4, 0.5) is 0 Å². The Bertz CT molecular complexity index is 549. The van der Waals surface area contributed by atoms with Crippen LogP contribution in [-0.2, 0) is 15.0 Å². The Morgan fingerprint density at radius 3 is 2.25 bits per heavy atom. The second kappa shape index (κ2) is 8.71. The van der Waals surface area contributed by atoms with Crippen LogP contribution in [-0.4, -0.2) is 41.6 Å². The number of likely N-dealkylation sites (N-methyl/N-ethyl adjacent to an activating group) is 1. The van der Waals surface area contributed by atoms with Crippen molar-refractivity contribution in [1.29, 1.82) is 0 Å². The molecule has 0 bridgehead atoms. The minimum atomic E-state index is -0.897. The summed E-state index contributed by atoms with van der Waals surface area (Å²) in [5, 5.41) is 8.83. The fraction of sp³-hybridized carbons (Fsp3) is 0.579. The van der Waals surface area contributed by atoms with Crippen LogP contribution in [0.25, 0.3) is 0 Å². The first-order chi connectivity index (χ1) is 11.2. The third kappa shape index (κ3) is 5.55. The lowest BCUT2D eigenvalue weighted by Crippen LogP contribution is -2.44. The van der Waals surface area contributed by atoms with Crippen molar-refractivity contribution in [2.24, 2.45) is 5.92 Å². The molecule has 0 heterocycles. The van der Waals surface area contributed by atoms with Crippen molar-refractivity contribution in [3.05, 3.63) is 29.8 Å². The molecule has 0 saturated carbocycles. The van der Waals surface area contributed by atoms with E-state index in [-0.39, 0.29) is 18.9 Å². The molecule has 1 aromatic carbocycles. The number of carboxylic acid groups (broad SMARTS) is 1. The minimum Gasteiger partial charge on any atom is -0.493 e. The Kier molecular flexibility index (Phi) is 7.26. The molecule has 5 heteroatoms. The molecule has 0 aliphatic rings. The molecule has 0 spiro atoms. The van der Waals surface area contributed by atoms with Crippen molar-refractivity contribution in [2.45, 2.75) is 46.5 Å². The van der Waals surface area contributed by atoms with Gasteiger partial charge in [-0.05, 0) is 44.4 Å². The quantitative estimate of drug-likeness (QED) is 0.752. The van der Waals surface area contributed by atoms with Gasteiger partial charge < -0.3 is 14.7 Å². The molecule has 0 aliphatic carbocycles. The van der Waals surface area contributed by atoms with E-state index in [1.54, 1.807) is 4.90 Å². The van der Waals surface area contributed by atoms with E-state index in [9.17, 15) is 9.59 Å². The summed E-state index contributed by atoms with van der Waals surface area (Å²) in [6.07, 6.45) is -0.0440. The van der Waals surface area contributed by atoms with Crippen LogP contribution in [0.3, 0.4) is 0 Å². The molecule has 134 valence electrons. The van der Waals surface area contributed by atoms with Crippen molar-refractivity contribution >= 4 is 11.9 Å². The molecular formula is C19H29NO4. The van der Waals surface area contributed by atoms with Crippen molar-refractivity contribution in [3.8, 4) is 5.75 Å². The molecule has 1 amide bonds. The standard InChI is InChI=1S/C19H29NO4/c1-6-20(12-11-17(21)22)18(23)19(4,5)15-7-9-16(10-8-15)24-13-14(2)3/h7-10,14H,6,11-13H2,1-5H3,(H,21,22). The zero-order chi connectivity index (χ0) is 18.3. The highest BCUT2D eigenvalue weighted by Gasteiger charge is 2.33. The summed E-state index contributed by atoms with van der Waals surface area (Å²) in [4.78, 5) is 25.2. The molecule has 1 rings (SSSR count). The fourth-order valence-corrected chi connectivity index (χ4v) is 2.38. The second-order valence-corrected chi connectivity index (χ2v) is 6.88. The molecule has 1 aromatic rings. The number of amides is 1. The average Bonchev–Trinajstić information content (AvgIpc) is 2.53. The van der Waals surface area contributed by atoms with Gasteiger partial charge in [0, 0.05) is 13.1 Å². The Morgan fingerprint density at radius 1 is 1.21 bits per heavy atom. The number of carbonyl (C=O) groups is 2. The van der Waals surface area contributed by atoms with Crippen molar-refractivity contribution in [3.63, 3.8) is 0 Å². The molecule has 0 atom stereocenters. The van der Waals surface area contributed by atoms with Crippen LogP contribution in [0, 0.1) is 5.92 Å². The normalized spacial score (nSPS) is 11.4. The van der Waals surface area contributed by atoms with E-state index in [4.69, 9.17) is 9.84 Å². The molecule has 0 unspecified atom stereocenters. The Labute approximate surface area is 144 Å². The molecule has 1 N–H and O–H groups in total. The van der Waals surface area contributed by atoms with E-state index >= 15 is 0 Å². The van der Waals surface area contributed by atoms with Crippen molar-refractivity contribution in [2.75, 3.05) is 19.7 Å². The van der Waals surface area contributed by atoms with E-state index in [0.29, 0.717) is 19.1 Å². The Morgan fingerprint density at radius 2 is 1.79 bits per heavy atom. The van der Waals surface area contributed by atoms with Crippen LogP contribution in [0.2, 0.25) is 0 Å². The van der Waals surface area contributed by atoms with Gasteiger partial charge in [0.2, 0.25) is 5.91 Å². The van der Waals surface area contributed by atoms with E-state index in [0.717, 1.165) is 11.3 Å². The summed E-state index contributed by atoms with van der Waals surface area (Å²) in [6, 6.07) is 7.55. The third-order valence-corrected chi connectivity index (χ3v) is 3.96. The highest BCUT2D eigenvalue weighted by Crippen LogP contribution is 2.27. The number of benzene rings is 1. The summed E-state index contributed by atoms with van der Waals surface area (Å²) in [5.74, 6) is 0.275. The first-order valence-corrected chi connectivity index (χ1v) is 8.43. The first-order valence-electron chi connectivity index (χ1n) is 8.43. The van der Waals surface area contributed by atoms with E-state index in [2.05, 4.69) is 13.8 Å². The van der Waals surface area contributed by atoms with Crippen LogP contribution in [0.1, 0.15) is 46.6 Å². The average molecular weight is 335 g/mol. The van der Waals surface area contributed by atoms with E-state index in [1.165, 1.54) is 0 Å². The lowest BCUT2D eigenvalue weighted by atomic mass is 9.83. The summed E-state index contributed by atoms with van der Waals surface area (Å²) in [7, 11) is 0. The monoisotopic (exact) mass is 335 g/mol. The summed E-state index contributed by atoms with van der Waals surface area (Å²) < 4.78 is 5.67. The van der Waals surface area contributed by atoms with Gasteiger partial charge in [0.15, 0.2) is 0 Å². The van der Waals surface area contributed by atoms with Crippen LogP contribution < -0.4 is 4.74 Å². The Balaban J connectivity index is 2.84. The van der Waals surface area contributed by atoms with Gasteiger partial charge in [0.25, 0.3) is 0 Å². The number of carbonyl (C=O) groups excluding carboxylic acids is 1. The van der Waals surface area contributed by atoms with Gasteiger partial charge in [-0.1, -0.05) is 26.0 Å². The largest absolute Gasteiger partial charge is 0.493 e. The lowest BCUT2D eigenvalue weighted by Gasteiger charge is -2.31. The number of carboxylic acids is 1. The Hall–Kier alpha value is -2.04. The van der Waals surface area contributed by atoms with Gasteiger partial charge >= 0.3 is 5.97 Å². The predicted octanol–water partition coefficient (Wildman–Crippen LogP) is 3.32. The number of hydrogen-bond acceptors (Lipinski definition) is 3. The van der Waals surface area contributed by atoms with Gasteiger partial charge in [-0.3, -0.25) is 9.59 Å². The number of hydrogen-bond donors (Lipinski definition) is 1. The molecule has 0 aromatic heterocycles. The second-order valence-electron chi connectivity index (χ2n) is 6.88. The zero-order valence-corrected chi connectivity index (χ0v) is 15.3. The highest BCUT2D eigenvalue weighted by atomic mass is 16.5. The van der Waals surface area contributed by atoms with Crippen LogP contribution in [0.15, 0.2) is 24.3 Å². The van der Waals surface area contributed by atoms with Gasteiger partial charge in [-0.25, -0.2) is 0 Å². The maximum Gasteiger partial charge on any atom is 0.305 e. The van der Waals surface area contributed by atoms with Gasteiger partial charge in [-0.2, -0.15) is 0 Å². The van der Waals surface area contributed by atoms with Crippen molar-refractivity contribution < 1.29 is 19.4 Å². The fourth-order valence-electron chi connectivity index (χ4n) is 2.38. The first kappa shape index (κ1) is 20.0. The SMILES string of the molecule is CCN(CCC(=O)O)C(=O)C(C)(C)c1ccc(OCC(C)C)cc1. The summed E-state index contributed by atoms with van der Waals surface area (Å²) >= 11 is 0. The molecule has 0 aliphatic heterocycles. The minimum absolute atomic E-state index is 0.0440. The molecule has 5 nitrogen and oxygen atoms in total. The van der Waals surface area contributed by atoms with Crippen LogP contribution >= 0.6 is 0 Å². The predicted molar refractivity (Wildman–Crippen MR) is 94.3 cm³/mol. The van der Waals surface area contributed by atoms with Crippen LogP contribution in [0.5, 0.6) is 5.75 Å². The number of nitrogens with zero attached hydrogens (tertiary/aromatic N) is 1. The highest BCUT2D eigenvalue weighted by molar-refractivity contribution is 5.87. The van der Waals surface area contributed by atoms with Gasteiger partial charge in [0.05, 0.1) is 18.4 Å². The molecular weight excluding hydrogens is 306 g/mol. The maximum absolute atomic E-state index is 12.8. The smallest absolute Gasteiger partial charge is 0.305 e. The topological polar surface area (TPSA) is 66.8 Å². The molecule has 0 saturated heterocycles. The van der Waals surface area contributed by atoms with Crippen molar-refractivity contribution in [1.82, 2.24) is 4.90 Å². The number of ether oxygens (including phenoxy) is 1. The summed E-state index contributed by atoms with van der Waals surface area (Å²) in [5.41, 5.74) is 0.170. The van der Waals surface area contributed by atoms with Gasteiger partial charge in [0.1, 0.15) is 5.75 Å². The lowest BCUT2D eigenvalue weighted by molar-refractivity contribution is -0.140. The van der Waals surface area contributed by atoms with Gasteiger partial charge in [-0.15, -0.1) is 0 Å². The number of rotatable bonds is 9. The zero-order valence-electron chi connectivity index (χ0n) is 15.3. The molecule has 0 fully saturated rings. The summed E-state index contributed by atoms with van der Waals surface area (Å²) in [6.45, 7) is 11.1.